The molecular formula is C21H22N2O6. The van der Waals surface area contributed by atoms with Crippen LogP contribution in [0.25, 0.3) is 0 Å². The van der Waals surface area contributed by atoms with E-state index in [1.165, 1.54) is 7.11 Å². The highest BCUT2D eigenvalue weighted by Gasteiger charge is 2.16. The third-order valence-corrected chi connectivity index (χ3v) is 3.99. The first-order valence-electron chi connectivity index (χ1n) is 8.76. The standard InChI is InChI=1S/C21H22N2O6/c1-14(18-10-17(26-2)8-9-19(18)27-3)23-20(24)12-29-21(25)13-28-16-6-4-15(11-22)5-7-16/h4-10,14H,12-13H2,1-3H3,(H,23,24)/t14-/m1/s1. The van der Waals surface area contributed by atoms with E-state index in [2.05, 4.69) is 5.32 Å². The van der Waals surface area contributed by atoms with Crippen molar-refractivity contribution in [3.63, 3.8) is 0 Å². The van der Waals surface area contributed by atoms with Gasteiger partial charge in [-0.3, -0.25) is 4.79 Å². The van der Waals surface area contributed by atoms with Gasteiger partial charge in [-0.15, -0.1) is 0 Å². The summed E-state index contributed by atoms with van der Waals surface area (Å²) in [6.07, 6.45) is 0. The largest absolute Gasteiger partial charge is 0.497 e. The lowest BCUT2D eigenvalue weighted by atomic mass is 10.1. The van der Waals surface area contributed by atoms with Gasteiger partial charge in [0.2, 0.25) is 0 Å². The van der Waals surface area contributed by atoms with Crippen LogP contribution < -0.4 is 19.5 Å². The van der Waals surface area contributed by atoms with Crippen molar-refractivity contribution >= 4 is 11.9 Å². The maximum atomic E-state index is 12.1. The van der Waals surface area contributed by atoms with Gasteiger partial charge in [0, 0.05) is 5.56 Å². The molecule has 0 aromatic heterocycles. The second-order valence-corrected chi connectivity index (χ2v) is 5.98. The minimum atomic E-state index is -0.684. The number of rotatable bonds is 9. The van der Waals surface area contributed by atoms with E-state index in [1.54, 1.807) is 56.5 Å². The first kappa shape index (κ1) is 21.6. The molecule has 0 saturated carbocycles. The molecule has 2 aromatic rings. The van der Waals surface area contributed by atoms with Crippen LogP contribution in [-0.2, 0) is 14.3 Å². The lowest BCUT2D eigenvalue weighted by Gasteiger charge is -2.18. The summed E-state index contributed by atoms with van der Waals surface area (Å²) < 4.78 is 20.7. The van der Waals surface area contributed by atoms with E-state index in [9.17, 15) is 9.59 Å². The monoisotopic (exact) mass is 398 g/mol. The van der Waals surface area contributed by atoms with E-state index >= 15 is 0 Å². The normalized spacial score (nSPS) is 11.0. The highest BCUT2D eigenvalue weighted by Crippen LogP contribution is 2.29. The average Bonchev–Trinajstić information content (AvgIpc) is 2.75. The summed E-state index contributed by atoms with van der Waals surface area (Å²) in [7, 11) is 3.09. The first-order chi connectivity index (χ1) is 14.0. The highest BCUT2D eigenvalue weighted by molar-refractivity contribution is 5.81. The Morgan fingerprint density at radius 2 is 1.72 bits per heavy atom. The fourth-order valence-corrected chi connectivity index (χ4v) is 2.49. The Kier molecular flexibility index (Phi) is 7.86. The van der Waals surface area contributed by atoms with Gasteiger partial charge in [-0.05, 0) is 49.4 Å². The topological polar surface area (TPSA) is 107 Å². The van der Waals surface area contributed by atoms with Gasteiger partial charge < -0.3 is 24.3 Å². The molecule has 0 fully saturated rings. The third-order valence-electron chi connectivity index (χ3n) is 3.99. The van der Waals surface area contributed by atoms with Crippen LogP contribution in [0.4, 0.5) is 0 Å². The van der Waals surface area contributed by atoms with Crippen LogP contribution in [0.1, 0.15) is 24.1 Å². The Hall–Kier alpha value is -3.73. The van der Waals surface area contributed by atoms with Gasteiger partial charge >= 0.3 is 5.97 Å². The number of methoxy groups -OCH3 is 2. The number of nitrogens with zero attached hydrogens (tertiary/aromatic N) is 1. The van der Waals surface area contributed by atoms with Gasteiger partial charge in [-0.1, -0.05) is 0 Å². The van der Waals surface area contributed by atoms with Gasteiger partial charge in [0.15, 0.2) is 13.2 Å². The zero-order valence-corrected chi connectivity index (χ0v) is 16.4. The number of benzene rings is 2. The molecule has 0 heterocycles. The van der Waals surface area contributed by atoms with Crippen LogP contribution in [0.15, 0.2) is 42.5 Å². The second kappa shape index (κ2) is 10.6. The van der Waals surface area contributed by atoms with Crippen LogP contribution in [0.5, 0.6) is 17.2 Å². The van der Waals surface area contributed by atoms with E-state index in [1.807, 2.05) is 6.07 Å². The van der Waals surface area contributed by atoms with Crippen molar-refractivity contribution in [2.75, 3.05) is 27.4 Å². The molecular weight excluding hydrogens is 376 g/mol. The van der Waals surface area contributed by atoms with Crippen molar-refractivity contribution in [3.05, 3.63) is 53.6 Å². The van der Waals surface area contributed by atoms with Crippen LogP contribution in [0.2, 0.25) is 0 Å². The molecule has 1 N–H and O–H groups in total. The third kappa shape index (κ3) is 6.43. The molecule has 2 rings (SSSR count). The number of carbonyl (C=O) groups excluding carboxylic acids is 2. The summed E-state index contributed by atoms with van der Waals surface area (Å²) in [4.78, 5) is 23.9. The van der Waals surface area contributed by atoms with Gasteiger partial charge in [0.1, 0.15) is 17.2 Å². The number of esters is 1. The van der Waals surface area contributed by atoms with E-state index in [0.29, 0.717) is 22.8 Å². The number of carbonyl (C=O) groups is 2. The lowest BCUT2D eigenvalue weighted by Crippen LogP contribution is -2.32. The smallest absolute Gasteiger partial charge is 0.344 e. The molecule has 0 aliphatic carbocycles. The summed E-state index contributed by atoms with van der Waals surface area (Å²) in [5.74, 6) is 0.508. The van der Waals surface area contributed by atoms with Crippen LogP contribution in [0, 0.1) is 11.3 Å². The molecule has 8 heteroatoms. The molecule has 0 spiro atoms. The minimum Gasteiger partial charge on any atom is -0.497 e. The van der Waals surface area contributed by atoms with Gasteiger partial charge in [-0.25, -0.2) is 4.79 Å². The maximum Gasteiger partial charge on any atom is 0.344 e. The Bertz CT molecular complexity index is 889. The molecule has 0 unspecified atom stereocenters. The molecule has 152 valence electrons. The molecule has 8 nitrogen and oxygen atoms in total. The lowest BCUT2D eigenvalue weighted by molar-refractivity contribution is -0.150. The number of hydrogen-bond acceptors (Lipinski definition) is 7. The van der Waals surface area contributed by atoms with E-state index in [4.69, 9.17) is 24.2 Å². The fourth-order valence-electron chi connectivity index (χ4n) is 2.49. The quantitative estimate of drug-likeness (QED) is 0.646. The molecule has 29 heavy (non-hydrogen) atoms. The molecule has 1 atom stereocenters. The zero-order valence-electron chi connectivity index (χ0n) is 16.4. The zero-order chi connectivity index (χ0) is 21.2. The summed E-state index contributed by atoms with van der Waals surface area (Å²) >= 11 is 0. The Morgan fingerprint density at radius 3 is 2.34 bits per heavy atom. The van der Waals surface area contributed by atoms with E-state index in [-0.39, 0.29) is 12.6 Å². The van der Waals surface area contributed by atoms with Crippen molar-refractivity contribution in [3.8, 4) is 23.3 Å². The Balaban J connectivity index is 1.81. The summed E-state index contributed by atoms with van der Waals surface area (Å²) in [5, 5.41) is 11.5. The summed E-state index contributed by atoms with van der Waals surface area (Å²) in [6.45, 7) is 0.996. The Morgan fingerprint density at radius 1 is 1.03 bits per heavy atom. The van der Waals surface area contributed by atoms with Gasteiger partial charge in [0.25, 0.3) is 5.91 Å². The van der Waals surface area contributed by atoms with Crippen molar-refractivity contribution in [1.29, 1.82) is 5.26 Å². The first-order valence-corrected chi connectivity index (χ1v) is 8.76. The molecule has 2 aromatic carbocycles. The van der Waals surface area contributed by atoms with E-state index < -0.39 is 18.5 Å². The predicted octanol–water partition coefficient (Wildman–Crippen LogP) is 2.37. The fraction of sp³-hybridized carbons (Fsp3) is 0.286. The number of hydrogen-bond donors (Lipinski definition) is 1. The number of nitrogens with one attached hydrogen (secondary N) is 1. The van der Waals surface area contributed by atoms with Gasteiger partial charge in [-0.2, -0.15) is 5.26 Å². The Labute approximate surface area is 168 Å². The number of ether oxygens (including phenoxy) is 4. The SMILES string of the molecule is COc1ccc(OC)c([C@@H](C)NC(=O)COC(=O)COc2ccc(C#N)cc2)c1. The highest BCUT2D eigenvalue weighted by atomic mass is 16.6. The predicted molar refractivity (Wildman–Crippen MR) is 104 cm³/mol. The molecule has 0 saturated heterocycles. The van der Waals surface area contributed by atoms with Gasteiger partial charge in [0.05, 0.1) is 31.9 Å². The molecule has 1 amide bonds. The van der Waals surface area contributed by atoms with Crippen molar-refractivity contribution in [1.82, 2.24) is 5.32 Å². The summed E-state index contributed by atoms with van der Waals surface area (Å²) in [5.41, 5.74) is 1.22. The van der Waals surface area contributed by atoms with Crippen molar-refractivity contribution < 1.29 is 28.5 Å². The molecule has 0 radical (unpaired) electrons. The van der Waals surface area contributed by atoms with Crippen molar-refractivity contribution in [2.45, 2.75) is 13.0 Å². The molecule has 0 aliphatic rings. The van der Waals surface area contributed by atoms with E-state index in [0.717, 1.165) is 5.56 Å². The second-order valence-electron chi connectivity index (χ2n) is 5.98. The van der Waals surface area contributed by atoms with Crippen LogP contribution in [0.3, 0.4) is 0 Å². The average molecular weight is 398 g/mol. The number of amides is 1. The molecule has 0 aliphatic heterocycles. The van der Waals surface area contributed by atoms with Crippen LogP contribution in [-0.4, -0.2) is 39.3 Å². The van der Waals surface area contributed by atoms with Crippen molar-refractivity contribution in [2.24, 2.45) is 0 Å². The molecule has 0 bridgehead atoms. The minimum absolute atomic E-state index is 0.349. The number of nitriles is 1. The maximum absolute atomic E-state index is 12.1. The van der Waals surface area contributed by atoms with Crippen LogP contribution >= 0.6 is 0 Å². The summed E-state index contributed by atoms with van der Waals surface area (Å²) in [6, 6.07) is 13.2.